The van der Waals surface area contributed by atoms with Crippen molar-refractivity contribution in [1.29, 1.82) is 5.26 Å². The first-order chi connectivity index (χ1) is 18.8. The van der Waals surface area contributed by atoms with Gasteiger partial charge in [-0.3, -0.25) is 4.79 Å². The number of rotatable bonds is 7. The predicted octanol–water partition coefficient (Wildman–Crippen LogP) is 6.30. The van der Waals surface area contributed by atoms with E-state index in [1.165, 1.54) is 0 Å². The van der Waals surface area contributed by atoms with Crippen molar-refractivity contribution in [3.8, 4) is 11.8 Å². The second-order valence-electron chi connectivity index (χ2n) is 13.5. The molecule has 1 aromatic carbocycles. The Kier molecular flexibility index (Phi) is 8.92. The quantitative estimate of drug-likeness (QED) is 0.283. The molecule has 1 aliphatic rings. The van der Waals surface area contributed by atoms with Gasteiger partial charge < -0.3 is 18.8 Å². The zero-order chi connectivity index (χ0) is 30.8. The lowest BCUT2D eigenvalue weighted by Gasteiger charge is -2.28. The number of benzene rings is 1. The van der Waals surface area contributed by atoms with E-state index < -0.39 is 34.4 Å². The second kappa shape index (κ2) is 11.6. The van der Waals surface area contributed by atoms with Crippen LogP contribution in [-0.4, -0.2) is 56.0 Å². The minimum absolute atomic E-state index is 0.0738. The Morgan fingerprint density at radius 2 is 1.49 bits per heavy atom. The van der Waals surface area contributed by atoms with Gasteiger partial charge >= 0.3 is 18.2 Å². The van der Waals surface area contributed by atoms with Gasteiger partial charge in [0.1, 0.15) is 22.2 Å². The molecule has 10 nitrogen and oxygen atoms in total. The van der Waals surface area contributed by atoms with Crippen molar-refractivity contribution in [3.05, 3.63) is 48.0 Å². The largest absolute Gasteiger partial charge is 0.459 e. The standard InChI is InChI=1S/C31H42N4O6/c1-28(2,3)39-25(36)31(24-19-34(20-33-24)23-14-12-21(18-32)13-15-23)17-22(31)11-10-16-35(26(37)40-29(4,5)6)27(38)41-30(7,8)9/h12-15,19-20,22H,10-11,16-17H2,1-9H3. The summed E-state index contributed by atoms with van der Waals surface area (Å²) >= 11 is 0. The maximum absolute atomic E-state index is 13.5. The molecule has 0 N–H and O–H groups in total. The second-order valence-corrected chi connectivity index (χ2v) is 13.5. The number of ether oxygens (including phenoxy) is 3. The van der Waals surface area contributed by atoms with Crippen LogP contribution < -0.4 is 0 Å². The summed E-state index contributed by atoms with van der Waals surface area (Å²) < 4.78 is 18.5. The molecule has 2 aromatic rings. The molecule has 1 fully saturated rings. The van der Waals surface area contributed by atoms with Crippen molar-refractivity contribution in [2.75, 3.05) is 6.54 Å². The first-order valence-corrected chi connectivity index (χ1v) is 13.9. The third-order valence-corrected chi connectivity index (χ3v) is 6.36. The Hall–Kier alpha value is -3.87. The van der Waals surface area contributed by atoms with Crippen LogP contribution in [0.3, 0.4) is 0 Å². The SMILES string of the molecule is CC(C)(C)OC(=O)N(CCCC1CC1(C(=O)OC(C)(C)C)c1cn(-c2ccc(C#N)cc2)cn1)C(=O)OC(C)(C)C. The Labute approximate surface area is 242 Å². The van der Waals surface area contributed by atoms with E-state index >= 15 is 0 Å². The van der Waals surface area contributed by atoms with Crippen LogP contribution in [0, 0.1) is 17.2 Å². The highest BCUT2D eigenvalue weighted by Gasteiger charge is 2.63. The highest BCUT2D eigenvalue weighted by molar-refractivity contribution is 5.88. The fraction of sp³-hybridized carbons (Fsp3) is 0.581. The summed E-state index contributed by atoms with van der Waals surface area (Å²) in [5.74, 6) is -0.447. The molecule has 10 heteroatoms. The molecule has 1 heterocycles. The van der Waals surface area contributed by atoms with Gasteiger partial charge in [0.25, 0.3) is 0 Å². The molecular weight excluding hydrogens is 524 g/mol. The molecule has 1 aromatic heterocycles. The summed E-state index contributed by atoms with van der Waals surface area (Å²) in [6.07, 6.45) is 3.42. The Balaban J connectivity index is 1.80. The third-order valence-electron chi connectivity index (χ3n) is 6.36. The van der Waals surface area contributed by atoms with E-state index in [0.29, 0.717) is 30.5 Å². The third kappa shape index (κ3) is 8.32. The number of imide groups is 1. The van der Waals surface area contributed by atoms with Gasteiger partial charge in [0, 0.05) is 18.4 Å². The normalized spacial score (nSPS) is 18.7. The van der Waals surface area contributed by atoms with E-state index in [1.54, 1.807) is 60.0 Å². The van der Waals surface area contributed by atoms with Crippen LogP contribution in [0.4, 0.5) is 9.59 Å². The van der Waals surface area contributed by atoms with Crippen molar-refractivity contribution >= 4 is 18.2 Å². The van der Waals surface area contributed by atoms with E-state index in [9.17, 15) is 14.4 Å². The summed E-state index contributed by atoms with van der Waals surface area (Å²) in [7, 11) is 0. The molecule has 3 rings (SSSR count). The lowest BCUT2D eigenvalue weighted by atomic mass is 9.97. The summed E-state index contributed by atoms with van der Waals surface area (Å²) in [4.78, 5) is 44.8. The number of nitriles is 1. The number of carbonyl (C=O) groups excluding carboxylic acids is 3. The van der Waals surface area contributed by atoms with Crippen molar-refractivity contribution in [2.45, 2.75) is 104 Å². The fourth-order valence-electron chi connectivity index (χ4n) is 4.51. The minimum atomic E-state index is -0.937. The fourth-order valence-corrected chi connectivity index (χ4v) is 4.51. The lowest BCUT2D eigenvalue weighted by Crippen LogP contribution is -2.44. The highest BCUT2D eigenvalue weighted by Crippen LogP contribution is 2.57. The number of nitrogens with zero attached hydrogens (tertiary/aromatic N) is 4. The summed E-state index contributed by atoms with van der Waals surface area (Å²) in [6, 6.07) is 9.18. The average Bonchev–Trinajstić information content (AvgIpc) is 3.34. The van der Waals surface area contributed by atoms with Gasteiger partial charge in [-0.15, -0.1) is 0 Å². The molecule has 1 aliphatic carbocycles. The predicted molar refractivity (Wildman–Crippen MR) is 152 cm³/mol. The van der Waals surface area contributed by atoms with Crippen LogP contribution in [0.25, 0.3) is 5.69 Å². The topological polar surface area (TPSA) is 124 Å². The summed E-state index contributed by atoms with van der Waals surface area (Å²) in [6.45, 7) is 15.9. The molecule has 0 bridgehead atoms. The highest BCUT2D eigenvalue weighted by atomic mass is 16.6. The molecule has 0 saturated heterocycles. The zero-order valence-electron chi connectivity index (χ0n) is 25.6. The number of carbonyl (C=O) groups is 3. The maximum atomic E-state index is 13.5. The molecule has 0 spiro atoms. The van der Waals surface area contributed by atoms with E-state index in [2.05, 4.69) is 11.1 Å². The maximum Gasteiger partial charge on any atom is 0.419 e. The lowest BCUT2D eigenvalue weighted by molar-refractivity contribution is -0.158. The van der Waals surface area contributed by atoms with Crippen LogP contribution in [0.5, 0.6) is 0 Å². The number of amides is 2. The van der Waals surface area contributed by atoms with E-state index in [1.807, 2.05) is 43.7 Å². The van der Waals surface area contributed by atoms with Gasteiger partial charge in [0.15, 0.2) is 0 Å². The van der Waals surface area contributed by atoms with Crippen LogP contribution in [0.15, 0.2) is 36.8 Å². The van der Waals surface area contributed by atoms with Crippen molar-refractivity contribution < 1.29 is 28.6 Å². The molecular formula is C31H42N4O6. The van der Waals surface area contributed by atoms with Gasteiger partial charge in [-0.25, -0.2) is 19.5 Å². The van der Waals surface area contributed by atoms with Gasteiger partial charge in [0.2, 0.25) is 0 Å². The average molecular weight is 567 g/mol. The van der Waals surface area contributed by atoms with Crippen LogP contribution in [0.1, 0.15) is 92.8 Å². The molecule has 2 amide bonds. The Bertz CT molecular complexity index is 1280. The van der Waals surface area contributed by atoms with Crippen molar-refractivity contribution in [2.24, 2.45) is 5.92 Å². The Morgan fingerprint density at radius 3 is 1.98 bits per heavy atom. The molecule has 1 saturated carbocycles. The van der Waals surface area contributed by atoms with Gasteiger partial charge in [-0.2, -0.15) is 5.26 Å². The van der Waals surface area contributed by atoms with Crippen LogP contribution >= 0.6 is 0 Å². The van der Waals surface area contributed by atoms with Gasteiger partial charge in [-0.1, -0.05) is 0 Å². The molecule has 0 aliphatic heterocycles. The van der Waals surface area contributed by atoms with E-state index in [0.717, 1.165) is 10.6 Å². The molecule has 2 unspecified atom stereocenters. The number of hydrogen-bond acceptors (Lipinski definition) is 8. The zero-order valence-corrected chi connectivity index (χ0v) is 25.6. The molecule has 0 radical (unpaired) electrons. The Morgan fingerprint density at radius 1 is 0.951 bits per heavy atom. The first kappa shape index (κ1) is 31.7. The van der Waals surface area contributed by atoms with Gasteiger partial charge in [0.05, 0.1) is 23.7 Å². The number of hydrogen-bond donors (Lipinski definition) is 0. The first-order valence-electron chi connectivity index (χ1n) is 13.9. The van der Waals surface area contributed by atoms with Crippen molar-refractivity contribution in [1.82, 2.24) is 14.5 Å². The van der Waals surface area contributed by atoms with Crippen molar-refractivity contribution in [3.63, 3.8) is 0 Å². The number of aromatic nitrogens is 2. The van der Waals surface area contributed by atoms with E-state index in [4.69, 9.17) is 19.5 Å². The van der Waals surface area contributed by atoms with Crippen LogP contribution in [0.2, 0.25) is 0 Å². The summed E-state index contributed by atoms with van der Waals surface area (Å²) in [5.41, 5.74) is -1.23. The summed E-state index contributed by atoms with van der Waals surface area (Å²) in [5, 5.41) is 9.09. The van der Waals surface area contributed by atoms with Crippen LogP contribution in [-0.2, 0) is 24.4 Å². The minimum Gasteiger partial charge on any atom is -0.459 e. The van der Waals surface area contributed by atoms with E-state index in [-0.39, 0.29) is 18.4 Å². The number of imidazole rings is 1. The molecule has 41 heavy (non-hydrogen) atoms. The number of esters is 1. The molecule has 222 valence electrons. The molecule has 2 atom stereocenters. The van der Waals surface area contributed by atoms with Gasteiger partial charge in [-0.05, 0) is 112 Å². The monoisotopic (exact) mass is 566 g/mol. The smallest absolute Gasteiger partial charge is 0.419 e.